The van der Waals surface area contributed by atoms with Crippen molar-refractivity contribution in [3.8, 4) is 0 Å². The summed E-state index contributed by atoms with van der Waals surface area (Å²) in [5.41, 5.74) is 0.130. The van der Waals surface area contributed by atoms with Gasteiger partial charge in [0.25, 0.3) is 8.32 Å². The zero-order chi connectivity index (χ0) is 21.4. The van der Waals surface area contributed by atoms with Crippen LogP contribution >= 0.6 is 0 Å². The summed E-state index contributed by atoms with van der Waals surface area (Å²) in [4.78, 5) is 0. The molecule has 0 fully saturated rings. The summed E-state index contributed by atoms with van der Waals surface area (Å²) in [6, 6.07) is 21.5. The van der Waals surface area contributed by atoms with Crippen LogP contribution in [0.2, 0.25) is 5.04 Å². The van der Waals surface area contributed by atoms with Crippen molar-refractivity contribution in [2.45, 2.75) is 46.1 Å². The smallest absolute Gasteiger partial charge is 0.261 e. The SMILES string of the molecule is C=CCC(C)(C)/C=C/C=C/CO[Si](c1ccccc1)(c1ccccc1)C(C)(C)C. The summed E-state index contributed by atoms with van der Waals surface area (Å²) < 4.78 is 6.85. The third-order valence-electron chi connectivity index (χ3n) is 5.28. The molecule has 0 aliphatic heterocycles. The molecule has 154 valence electrons. The summed E-state index contributed by atoms with van der Waals surface area (Å²) in [6.45, 7) is 15.8. The second-order valence-electron chi connectivity index (χ2n) is 9.24. The van der Waals surface area contributed by atoms with Crippen molar-refractivity contribution in [2.75, 3.05) is 6.61 Å². The molecule has 0 unspecified atom stereocenters. The molecule has 0 saturated carbocycles. The number of allylic oxidation sites excluding steroid dienone is 4. The molecule has 2 aromatic rings. The van der Waals surface area contributed by atoms with E-state index in [0.717, 1.165) is 6.42 Å². The second-order valence-corrected chi connectivity index (χ2v) is 13.5. The minimum atomic E-state index is -2.45. The summed E-state index contributed by atoms with van der Waals surface area (Å²) in [6.07, 6.45) is 11.5. The lowest BCUT2D eigenvalue weighted by Gasteiger charge is -2.42. The summed E-state index contributed by atoms with van der Waals surface area (Å²) >= 11 is 0. The lowest BCUT2D eigenvalue weighted by atomic mass is 9.89. The fourth-order valence-corrected chi connectivity index (χ4v) is 8.33. The molecule has 0 amide bonds. The van der Waals surface area contributed by atoms with E-state index in [0.29, 0.717) is 6.61 Å². The van der Waals surface area contributed by atoms with E-state index in [4.69, 9.17) is 4.43 Å². The molecule has 0 N–H and O–H groups in total. The molecule has 0 saturated heterocycles. The van der Waals surface area contributed by atoms with Crippen molar-refractivity contribution in [1.29, 1.82) is 0 Å². The lowest BCUT2D eigenvalue weighted by Crippen LogP contribution is -2.66. The minimum Gasteiger partial charge on any atom is -0.404 e. The molecule has 0 aliphatic carbocycles. The Balaban J connectivity index is 2.31. The van der Waals surface area contributed by atoms with Crippen LogP contribution in [0.1, 0.15) is 41.0 Å². The van der Waals surface area contributed by atoms with Crippen LogP contribution in [-0.2, 0) is 4.43 Å². The van der Waals surface area contributed by atoms with Gasteiger partial charge in [0.2, 0.25) is 0 Å². The van der Waals surface area contributed by atoms with Crippen LogP contribution in [0.4, 0.5) is 0 Å². The van der Waals surface area contributed by atoms with E-state index in [2.05, 4.69) is 126 Å². The molecule has 0 heterocycles. The molecule has 0 aliphatic rings. The van der Waals surface area contributed by atoms with Gasteiger partial charge in [-0.25, -0.2) is 0 Å². The highest BCUT2D eigenvalue weighted by Gasteiger charge is 2.49. The lowest BCUT2D eigenvalue weighted by molar-refractivity contribution is 0.339. The van der Waals surface area contributed by atoms with E-state index < -0.39 is 8.32 Å². The van der Waals surface area contributed by atoms with E-state index in [1.54, 1.807) is 0 Å². The second kappa shape index (κ2) is 10.0. The van der Waals surface area contributed by atoms with Crippen molar-refractivity contribution >= 4 is 18.7 Å². The number of benzene rings is 2. The first-order valence-corrected chi connectivity index (χ1v) is 12.3. The molecule has 0 atom stereocenters. The van der Waals surface area contributed by atoms with Crippen LogP contribution in [0.5, 0.6) is 0 Å². The van der Waals surface area contributed by atoms with Gasteiger partial charge >= 0.3 is 0 Å². The van der Waals surface area contributed by atoms with E-state index in [9.17, 15) is 0 Å². The van der Waals surface area contributed by atoms with Gasteiger partial charge < -0.3 is 4.43 Å². The summed E-state index contributed by atoms with van der Waals surface area (Å²) in [5.74, 6) is 0. The Kier molecular flexibility index (Phi) is 8.01. The average Bonchev–Trinajstić information content (AvgIpc) is 2.68. The normalized spacial score (nSPS) is 13.3. The molecule has 0 bridgehead atoms. The fraction of sp³-hybridized carbons (Fsp3) is 0.333. The quantitative estimate of drug-likeness (QED) is 0.271. The predicted octanol–water partition coefficient (Wildman–Crippen LogP) is 6.28. The monoisotopic (exact) mass is 404 g/mol. The molecule has 2 aromatic carbocycles. The number of hydrogen-bond acceptors (Lipinski definition) is 1. The van der Waals surface area contributed by atoms with Crippen LogP contribution in [0.15, 0.2) is 97.6 Å². The Morgan fingerprint density at radius 2 is 1.34 bits per heavy atom. The first-order valence-electron chi connectivity index (χ1n) is 10.4. The maximum absolute atomic E-state index is 6.85. The van der Waals surface area contributed by atoms with E-state index in [1.165, 1.54) is 10.4 Å². The molecule has 1 nitrogen and oxygen atoms in total. The Bertz CT molecular complexity index is 771. The third-order valence-corrected chi connectivity index (χ3v) is 10.3. The van der Waals surface area contributed by atoms with Gasteiger partial charge in [0.05, 0.1) is 6.61 Å². The van der Waals surface area contributed by atoms with Gasteiger partial charge in [-0.05, 0) is 27.2 Å². The molecule has 2 rings (SSSR count). The molecule has 2 heteroatoms. The zero-order valence-corrected chi connectivity index (χ0v) is 19.7. The first kappa shape index (κ1) is 23.1. The maximum atomic E-state index is 6.85. The van der Waals surface area contributed by atoms with Crippen LogP contribution in [0, 0.1) is 5.41 Å². The van der Waals surface area contributed by atoms with Gasteiger partial charge in [-0.3, -0.25) is 0 Å². The maximum Gasteiger partial charge on any atom is 0.261 e. The Morgan fingerprint density at radius 3 is 1.79 bits per heavy atom. The van der Waals surface area contributed by atoms with Crippen molar-refractivity contribution in [1.82, 2.24) is 0 Å². The number of rotatable bonds is 9. The van der Waals surface area contributed by atoms with Crippen molar-refractivity contribution in [2.24, 2.45) is 5.41 Å². The Labute approximate surface area is 179 Å². The highest BCUT2D eigenvalue weighted by Crippen LogP contribution is 2.36. The molecule has 29 heavy (non-hydrogen) atoms. The standard InChI is InChI=1S/C27H36OSi/c1-7-21-27(5,6)22-15-10-16-23-28-29(26(2,3)4,24-17-11-8-12-18-24)25-19-13-9-14-20-25/h7-20,22H,1,21,23H2,2-6H3/b16-10+,22-15+. The minimum absolute atomic E-state index is 0.00530. The van der Waals surface area contributed by atoms with Gasteiger partial charge in [-0.2, -0.15) is 0 Å². The van der Waals surface area contributed by atoms with Gasteiger partial charge in [0.1, 0.15) is 0 Å². The largest absolute Gasteiger partial charge is 0.404 e. The molecule has 0 radical (unpaired) electrons. The van der Waals surface area contributed by atoms with Crippen LogP contribution in [0.25, 0.3) is 0 Å². The van der Waals surface area contributed by atoms with Gasteiger partial charge in [0, 0.05) is 0 Å². The molecular formula is C27H36OSi. The van der Waals surface area contributed by atoms with E-state index in [-0.39, 0.29) is 10.5 Å². The highest BCUT2D eigenvalue weighted by molar-refractivity contribution is 6.99. The molecular weight excluding hydrogens is 368 g/mol. The van der Waals surface area contributed by atoms with Crippen molar-refractivity contribution < 1.29 is 4.43 Å². The predicted molar refractivity (Wildman–Crippen MR) is 130 cm³/mol. The Hall–Kier alpha value is -2.16. The molecule has 0 spiro atoms. The van der Waals surface area contributed by atoms with Crippen molar-refractivity contribution in [3.63, 3.8) is 0 Å². The number of hydrogen-bond donors (Lipinski definition) is 0. The van der Waals surface area contributed by atoms with E-state index in [1.807, 2.05) is 6.08 Å². The van der Waals surface area contributed by atoms with Gasteiger partial charge in [-0.1, -0.05) is 126 Å². The van der Waals surface area contributed by atoms with Gasteiger partial charge in [-0.15, -0.1) is 6.58 Å². The third kappa shape index (κ3) is 5.91. The first-order chi connectivity index (χ1) is 13.7. The topological polar surface area (TPSA) is 9.23 Å². The highest BCUT2D eigenvalue weighted by atomic mass is 28.4. The summed E-state index contributed by atoms with van der Waals surface area (Å²) in [5, 5.41) is 2.63. The Morgan fingerprint density at radius 1 is 0.828 bits per heavy atom. The van der Waals surface area contributed by atoms with Crippen molar-refractivity contribution in [3.05, 3.63) is 97.6 Å². The van der Waals surface area contributed by atoms with Gasteiger partial charge in [0.15, 0.2) is 0 Å². The average molecular weight is 405 g/mol. The van der Waals surface area contributed by atoms with Crippen LogP contribution < -0.4 is 10.4 Å². The fourth-order valence-electron chi connectivity index (χ4n) is 3.82. The van der Waals surface area contributed by atoms with Crippen LogP contribution in [0.3, 0.4) is 0 Å². The zero-order valence-electron chi connectivity index (χ0n) is 18.7. The van der Waals surface area contributed by atoms with E-state index >= 15 is 0 Å². The molecule has 0 aromatic heterocycles. The summed E-state index contributed by atoms with van der Waals surface area (Å²) in [7, 11) is -2.45. The van der Waals surface area contributed by atoms with Crippen LogP contribution in [-0.4, -0.2) is 14.9 Å².